The summed E-state index contributed by atoms with van der Waals surface area (Å²) in [5.41, 5.74) is 6.88. The van der Waals surface area contributed by atoms with Gasteiger partial charge in [0.1, 0.15) is 11.9 Å². The maximum Gasteiger partial charge on any atom is 0.410 e. The fourth-order valence-electron chi connectivity index (χ4n) is 4.33. The molecule has 192 valence electrons. The summed E-state index contributed by atoms with van der Waals surface area (Å²) in [6.07, 6.45) is 3.96. The third kappa shape index (κ3) is 5.27. The van der Waals surface area contributed by atoms with Gasteiger partial charge in [-0.3, -0.25) is 0 Å². The lowest BCUT2D eigenvalue weighted by molar-refractivity contribution is 0.0179. The Balaban J connectivity index is 1.31. The Morgan fingerprint density at radius 2 is 1.94 bits per heavy atom. The number of carbonyl (C=O) groups is 1. The molecule has 12 heteroatoms. The van der Waals surface area contributed by atoms with Crippen LogP contribution < -0.4 is 15.2 Å². The number of aromatic nitrogens is 4. The molecule has 0 atom stereocenters. The number of ether oxygens (including phenoxy) is 3. The molecule has 5 rings (SSSR count). The summed E-state index contributed by atoms with van der Waals surface area (Å²) in [6.45, 7) is 7.91. The van der Waals surface area contributed by atoms with E-state index >= 15 is 0 Å². The Morgan fingerprint density at radius 1 is 1.22 bits per heavy atom. The summed E-state index contributed by atoms with van der Waals surface area (Å²) in [5, 5.41) is 1.28. The molecular formula is C24H29ClN6O4S. The quantitative estimate of drug-likeness (QED) is 0.485. The zero-order valence-corrected chi connectivity index (χ0v) is 22.1. The molecule has 0 bridgehead atoms. The van der Waals surface area contributed by atoms with Crippen molar-refractivity contribution in [2.45, 2.75) is 62.2 Å². The zero-order chi connectivity index (χ0) is 25.4. The highest BCUT2D eigenvalue weighted by atomic mass is 35.5. The minimum absolute atomic E-state index is 0.178. The molecule has 1 aromatic carbocycles. The van der Waals surface area contributed by atoms with Gasteiger partial charge in [0.15, 0.2) is 33.6 Å². The summed E-state index contributed by atoms with van der Waals surface area (Å²) in [5.74, 6) is 2.08. The first-order valence-corrected chi connectivity index (χ1v) is 13.1. The second kappa shape index (κ2) is 9.85. The van der Waals surface area contributed by atoms with E-state index in [2.05, 4.69) is 14.5 Å². The molecular weight excluding hydrogens is 504 g/mol. The SMILES string of the molecule is CC(C)(C)OC(=O)N1CCC(CCn2c(Sc3cc4c(cc3Cl)OCO4)nc3c(N)ncnc32)CC1. The monoisotopic (exact) mass is 532 g/mol. The Morgan fingerprint density at radius 3 is 2.67 bits per heavy atom. The normalized spacial score (nSPS) is 16.1. The molecule has 36 heavy (non-hydrogen) atoms. The maximum atomic E-state index is 12.4. The molecule has 1 fully saturated rings. The number of nitrogens with two attached hydrogens (primary N) is 1. The van der Waals surface area contributed by atoms with Gasteiger partial charge in [-0.2, -0.15) is 0 Å². The van der Waals surface area contributed by atoms with Crippen LogP contribution in [0.25, 0.3) is 11.2 Å². The minimum atomic E-state index is -0.491. The first-order chi connectivity index (χ1) is 17.2. The summed E-state index contributed by atoms with van der Waals surface area (Å²) in [6, 6.07) is 3.62. The van der Waals surface area contributed by atoms with Gasteiger partial charge < -0.3 is 29.4 Å². The van der Waals surface area contributed by atoms with Crippen molar-refractivity contribution in [3.05, 3.63) is 23.5 Å². The molecule has 1 saturated heterocycles. The molecule has 4 heterocycles. The first-order valence-electron chi connectivity index (χ1n) is 11.9. The first kappa shape index (κ1) is 24.8. The van der Waals surface area contributed by atoms with E-state index in [1.807, 2.05) is 26.8 Å². The average molecular weight is 533 g/mol. The Labute approximate surface area is 218 Å². The van der Waals surface area contributed by atoms with Crippen molar-refractivity contribution >= 4 is 46.4 Å². The molecule has 0 spiro atoms. The van der Waals surface area contributed by atoms with Crippen molar-refractivity contribution in [2.75, 3.05) is 25.6 Å². The van der Waals surface area contributed by atoms with Gasteiger partial charge in [0.2, 0.25) is 6.79 Å². The summed E-state index contributed by atoms with van der Waals surface area (Å²) in [7, 11) is 0. The number of carbonyl (C=O) groups excluding carboxylic acids is 1. The van der Waals surface area contributed by atoms with Gasteiger partial charge in [-0.15, -0.1) is 0 Å². The Bertz CT molecular complexity index is 1290. The van der Waals surface area contributed by atoms with Crippen molar-refractivity contribution in [3.63, 3.8) is 0 Å². The van der Waals surface area contributed by atoms with Gasteiger partial charge in [-0.05, 0) is 63.8 Å². The van der Waals surface area contributed by atoms with Gasteiger partial charge in [0.25, 0.3) is 0 Å². The van der Waals surface area contributed by atoms with E-state index in [1.54, 1.807) is 11.0 Å². The standard InChI is InChI=1S/C24H29ClN6O4S/c1-24(2,3)35-23(32)30-7-4-14(5-8-30)6-9-31-21-19(20(26)27-12-28-21)29-22(31)36-18-11-17-16(10-15(18)25)33-13-34-17/h10-12,14H,4-9,13H2,1-3H3,(H2,26,27,28). The molecule has 3 aromatic rings. The van der Waals surface area contributed by atoms with Crippen molar-refractivity contribution in [1.29, 1.82) is 0 Å². The molecule has 2 N–H and O–H groups in total. The number of benzene rings is 1. The van der Waals surface area contributed by atoms with E-state index in [1.165, 1.54) is 18.1 Å². The molecule has 0 saturated carbocycles. The Kier molecular flexibility index (Phi) is 6.78. The largest absolute Gasteiger partial charge is 0.454 e. The number of halogens is 1. The van der Waals surface area contributed by atoms with Gasteiger partial charge in [-0.25, -0.2) is 19.7 Å². The van der Waals surface area contributed by atoms with Crippen molar-refractivity contribution < 1.29 is 19.0 Å². The van der Waals surface area contributed by atoms with Crippen LogP contribution in [0.5, 0.6) is 11.5 Å². The summed E-state index contributed by atoms with van der Waals surface area (Å²) >= 11 is 7.96. The number of hydrogen-bond acceptors (Lipinski definition) is 9. The van der Waals surface area contributed by atoms with Crippen molar-refractivity contribution in [2.24, 2.45) is 5.92 Å². The predicted molar refractivity (Wildman–Crippen MR) is 137 cm³/mol. The fraction of sp³-hybridized carbons (Fsp3) is 0.500. The fourth-order valence-corrected chi connectivity index (χ4v) is 5.54. The van der Waals surface area contributed by atoms with E-state index in [-0.39, 0.29) is 12.9 Å². The molecule has 2 aromatic heterocycles. The van der Waals surface area contributed by atoms with E-state index in [0.717, 1.165) is 29.3 Å². The number of likely N-dealkylation sites (tertiary alicyclic amines) is 1. The summed E-state index contributed by atoms with van der Waals surface area (Å²) < 4.78 is 18.5. The van der Waals surface area contributed by atoms with Crippen LogP contribution >= 0.6 is 23.4 Å². The molecule has 2 aliphatic heterocycles. The predicted octanol–water partition coefficient (Wildman–Crippen LogP) is 4.98. The topological polar surface area (TPSA) is 118 Å². The lowest BCUT2D eigenvalue weighted by atomic mass is 9.94. The van der Waals surface area contributed by atoms with E-state index in [0.29, 0.717) is 59.1 Å². The third-order valence-corrected chi connectivity index (χ3v) is 7.66. The van der Waals surface area contributed by atoms with Gasteiger partial charge in [0.05, 0.1) is 5.02 Å². The van der Waals surface area contributed by atoms with Crippen LogP contribution in [-0.4, -0.2) is 56.0 Å². The lowest BCUT2D eigenvalue weighted by Crippen LogP contribution is -2.41. The molecule has 0 radical (unpaired) electrons. The number of piperidine rings is 1. The van der Waals surface area contributed by atoms with Crippen LogP contribution in [0.3, 0.4) is 0 Å². The summed E-state index contributed by atoms with van der Waals surface area (Å²) in [4.78, 5) is 28.3. The molecule has 10 nitrogen and oxygen atoms in total. The van der Waals surface area contributed by atoms with Gasteiger partial charge in [0, 0.05) is 30.6 Å². The maximum absolute atomic E-state index is 12.4. The van der Waals surface area contributed by atoms with Gasteiger partial charge >= 0.3 is 6.09 Å². The lowest BCUT2D eigenvalue weighted by Gasteiger charge is -2.33. The number of fused-ring (bicyclic) bond motifs is 2. The number of nitrogens with zero attached hydrogens (tertiary/aromatic N) is 5. The second-order valence-corrected chi connectivity index (χ2v) is 11.3. The second-order valence-electron chi connectivity index (χ2n) is 9.91. The minimum Gasteiger partial charge on any atom is -0.454 e. The van der Waals surface area contributed by atoms with Crippen LogP contribution in [0.15, 0.2) is 28.5 Å². The number of hydrogen-bond donors (Lipinski definition) is 1. The van der Waals surface area contributed by atoms with E-state index in [4.69, 9.17) is 36.5 Å². The molecule has 2 aliphatic rings. The molecule has 0 unspecified atom stereocenters. The van der Waals surface area contributed by atoms with Crippen molar-refractivity contribution in [1.82, 2.24) is 24.4 Å². The number of imidazole rings is 1. The van der Waals surface area contributed by atoms with Crippen LogP contribution in [0.1, 0.15) is 40.0 Å². The average Bonchev–Trinajstić information content (AvgIpc) is 3.42. The van der Waals surface area contributed by atoms with Crippen LogP contribution in [0.4, 0.5) is 10.6 Å². The van der Waals surface area contributed by atoms with Crippen LogP contribution in [0, 0.1) is 5.92 Å². The number of nitrogen functional groups attached to an aromatic ring is 1. The number of amides is 1. The Hall–Kier alpha value is -2.92. The van der Waals surface area contributed by atoms with Crippen LogP contribution in [-0.2, 0) is 11.3 Å². The van der Waals surface area contributed by atoms with Crippen LogP contribution in [0.2, 0.25) is 5.02 Å². The third-order valence-electron chi connectivity index (χ3n) is 6.18. The van der Waals surface area contributed by atoms with E-state index < -0.39 is 5.60 Å². The highest BCUT2D eigenvalue weighted by molar-refractivity contribution is 7.99. The highest BCUT2D eigenvalue weighted by Crippen LogP contribution is 2.43. The molecule has 0 aliphatic carbocycles. The number of anilines is 1. The van der Waals surface area contributed by atoms with E-state index in [9.17, 15) is 4.79 Å². The molecule has 1 amide bonds. The van der Waals surface area contributed by atoms with Gasteiger partial charge in [-0.1, -0.05) is 11.6 Å². The smallest absolute Gasteiger partial charge is 0.410 e. The zero-order valence-electron chi connectivity index (χ0n) is 20.5. The number of rotatable bonds is 5. The number of aryl methyl sites for hydroxylation is 1. The van der Waals surface area contributed by atoms with Crippen molar-refractivity contribution in [3.8, 4) is 11.5 Å². The highest BCUT2D eigenvalue weighted by Gasteiger charge is 2.27.